The zero-order chi connectivity index (χ0) is 16.0. The van der Waals surface area contributed by atoms with E-state index in [2.05, 4.69) is 5.32 Å². The number of nitrogens with zero attached hydrogens (tertiary/aromatic N) is 1. The third-order valence-electron chi connectivity index (χ3n) is 3.11. The van der Waals surface area contributed by atoms with E-state index in [1.54, 1.807) is 28.0 Å². The summed E-state index contributed by atoms with van der Waals surface area (Å²) in [5.74, 6) is -0.503. The minimum atomic E-state index is -1.03. The van der Waals surface area contributed by atoms with E-state index < -0.39 is 18.0 Å². The molecular weight excluding hydrogens is 272 g/mol. The molecule has 0 fully saturated rings. The van der Waals surface area contributed by atoms with Gasteiger partial charge in [0.1, 0.15) is 11.8 Å². The van der Waals surface area contributed by atoms with E-state index in [1.807, 2.05) is 24.3 Å². The predicted molar refractivity (Wildman–Crippen MR) is 79.3 cm³/mol. The quantitative estimate of drug-likeness (QED) is 0.840. The first-order valence-corrected chi connectivity index (χ1v) is 6.72. The van der Waals surface area contributed by atoms with Crippen LogP contribution in [-0.2, 0) is 11.3 Å². The number of rotatable bonds is 6. The van der Waals surface area contributed by atoms with Gasteiger partial charge in [-0.05, 0) is 23.6 Å². The Balaban J connectivity index is 2.67. The largest absolute Gasteiger partial charge is 0.497 e. The summed E-state index contributed by atoms with van der Waals surface area (Å²) in [5.41, 5.74) is 0.906. The summed E-state index contributed by atoms with van der Waals surface area (Å²) in [6.45, 7) is 3.87. The number of amides is 2. The highest BCUT2D eigenvalue weighted by Gasteiger charge is 2.24. The van der Waals surface area contributed by atoms with Gasteiger partial charge >= 0.3 is 12.0 Å². The highest BCUT2D eigenvalue weighted by Crippen LogP contribution is 2.14. The Morgan fingerprint density at radius 2 is 2.05 bits per heavy atom. The summed E-state index contributed by atoms with van der Waals surface area (Å²) in [7, 11) is 3.20. The highest BCUT2D eigenvalue weighted by atomic mass is 16.5. The normalized spacial score (nSPS) is 11.9. The molecule has 0 bridgehead atoms. The van der Waals surface area contributed by atoms with Crippen LogP contribution in [0.2, 0.25) is 0 Å². The fourth-order valence-corrected chi connectivity index (χ4v) is 1.87. The Morgan fingerprint density at radius 3 is 2.57 bits per heavy atom. The van der Waals surface area contributed by atoms with Gasteiger partial charge in [-0.2, -0.15) is 0 Å². The molecule has 0 heterocycles. The van der Waals surface area contributed by atoms with Crippen LogP contribution in [0.1, 0.15) is 19.4 Å². The van der Waals surface area contributed by atoms with E-state index in [-0.39, 0.29) is 5.92 Å². The van der Waals surface area contributed by atoms with Crippen LogP contribution >= 0.6 is 0 Å². The van der Waals surface area contributed by atoms with Gasteiger partial charge in [0.25, 0.3) is 0 Å². The molecule has 2 amide bonds. The first-order chi connectivity index (χ1) is 9.85. The lowest BCUT2D eigenvalue weighted by molar-refractivity contribution is -0.140. The third-order valence-corrected chi connectivity index (χ3v) is 3.11. The zero-order valence-corrected chi connectivity index (χ0v) is 12.8. The molecule has 0 aliphatic rings. The van der Waals surface area contributed by atoms with E-state index in [4.69, 9.17) is 9.84 Å². The predicted octanol–water partition coefficient (Wildman–Crippen LogP) is 1.95. The van der Waals surface area contributed by atoms with Gasteiger partial charge in [0.2, 0.25) is 0 Å². The van der Waals surface area contributed by atoms with Crippen molar-refractivity contribution in [3.05, 3.63) is 29.8 Å². The van der Waals surface area contributed by atoms with Crippen LogP contribution in [-0.4, -0.2) is 42.2 Å². The summed E-state index contributed by atoms with van der Waals surface area (Å²) < 4.78 is 5.13. The molecule has 0 aliphatic carbocycles. The minimum Gasteiger partial charge on any atom is -0.497 e. The molecule has 116 valence electrons. The second kappa shape index (κ2) is 7.52. The van der Waals surface area contributed by atoms with Gasteiger partial charge < -0.3 is 20.1 Å². The van der Waals surface area contributed by atoms with Crippen molar-refractivity contribution in [2.24, 2.45) is 5.92 Å². The van der Waals surface area contributed by atoms with Gasteiger partial charge in [-0.25, -0.2) is 9.59 Å². The number of methoxy groups -OCH3 is 1. The number of aliphatic carboxylic acids is 1. The molecule has 6 heteroatoms. The lowest BCUT2D eigenvalue weighted by atomic mass is 10.1. The number of benzene rings is 1. The maximum absolute atomic E-state index is 12.0. The van der Waals surface area contributed by atoms with Crippen molar-refractivity contribution in [1.82, 2.24) is 10.2 Å². The van der Waals surface area contributed by atoms with Crippen molar-refractivity contribution >= 4 is 12.0 Å². The van der Waals surface area contributed by atoms with Crippen molar-refractivity contribution in [3.63, 3.8) is 0 Å². The topological polar surface area (TPSA) is 78.9 Å². The van der Waals surface area contributed by atoms with Gasteiger partial charge in [-0.3, -0.25) is 0 Å². The molecule has 1 aromatic carbocycles. The first-order valence-electron chi connectivity index (χ1n) is 6.72. The summed E-state index contributed by atoms with van der Waals surface area (Å²) in [5, 5.41) is 11.6. The van der Waals surface area contributed by atoms with E-state index in [9.17, 15) is 9.59 Å². The Hall–Kier alpha value is -2.24. The summed E-state index contributed by atoms with van der Waals surface area (Å²) in [4.78, 5) is 24.6. The monoisotopic (exact) mass is 294 g/mol. The fraction of sp³-hybridized carbons (Fsp3) is 0.467. The standard InChI is InChI=1S/C15H22N2O4/c1-10(2)13(14(18)19)16-15(20)17(3)9-11-6-5-7-12(8-11)21-4/h5-8,10,13H,9H2,1-4H3,(H,16,20)(H,18,19)/t13-/m1/s1. The smallest absolute Gasteiger partial charge is 0.326 e. The summed E-state index contributed by atoms with van der Waals surface area (Å²) in [6.07, 6.45) is 0. The number of carboxylic acids is 1. The molecule has 2 N–H and O–H groups in total. The Bertz CT molecular complexity index is 502. The van der Waals surface area contributed by atoms with Crippen LogP contribution in [0, 0.1) is 5.92 Å². The number of carboxylic acid groups (broad SMARTS) is 1. The van der Waals surface area contributed by atoms with Crippen LogP contribution < -0.4 is 10.1 Å². The molecule has 0 aliphatic heterocycles. The second-order valence-electron chi connectivity index (χ2n) is 5.22. The zero-order valence-electron chi connectivity index (χ0n) is 12.8. The van der Waals surface area contributed by atoms with E-state index >= 15 is 0 Å². The van der Waals surface area contributed by atoms with Gasteiger partial charge in [-0.1, -0.05) is 26.0 Å². The molecule has 21 heavy (non-hydrogen) atoms. The highest BCUT2D eigenvalue weighted by molar-refractivity contribution is 5.82. The van der Waals surface area contributed by atoms with Gasteiger partial charge in [0, 0.05) is 13.6 Å². The lowest BCUT2D eigenvalue weighted by Gasteiger charge is -2.23. The van der Waals surface area contributed by atoms with Gasteiger partial charge in [-0.15, -0.1) is 0 Å². The summed E-state index contributed by atoms with van der Waals surface area (Å²) >= 11 is 0. The number of carbonyl (C=O) groups is 2. The van der Waals surface area contributed by atoms with Crippen LogP contribution in [0.3, 0.4) is 0 Å². The molecule has 0 aromatic heterocycles. The number of carbonyl (C=O) groups excluding carboxylic acids is 1. The van der Waals surface area contributed by atoms with Gasteiger partial charge in [0.15, 0.2) is 0 Å². The van der Waals surface area contributed by atoms with E-state index in [0.29, 0.717) is 12.3 Å². The van der Waals surface area contributed by atoms with Crippen LogP contribution in [0.15, 0.2) is 24.3 Å². The molecular formula is C15H22N2O4. The molecule has 1 rings (SSSR count). The van der Waals surface area contributed by atoms with Crippen molar-refractivity contribution in [2.75, 3.05) is 14.2 Å². The third kappa shape index (κ3) is 4.98. The van der Waals surface area contributed by atoms with E-state index in [1.165, 1.54) is 4.90 Å². The van der Waals surface area contributed by atoms with Crippen LogP contribution in [0.4, 0.5) is 4.79 Å². The number of hydrogen-bond acceptors (Lipinski definition) is 3. The number of nitrogens with one attached hydrogen (secondary N) is 1. The molecule has 0 radical (unpaired) electrons. The molecule has 0 unspecified atom stereocenters. The Labute approximate surface area is 124 Å². The fourth-order valence-electron chi connectivity index (χ4n) is 1.87. The Kier molecular flexibility index (Phi) is 6.02. The number of urea groups is 1. The maximum Gasteiger partial charge on any atom is 0.326 e. The number of hydrogen-bond donors (Lipinski definition) is 2. The average Bonchev–Trinajstić information content (AvgIpc) is 2.43. The van der Waals surface area contributed by atoms with Crippen molar-refractivity contribution in [2.45, 2.75) is 26.4 Å². The molecule has 0 spiro atoms. The second-order valence-corrected chi connectivity index (χ2v) is 5.22. The number of ether oxygens (including phenoxy) is 1. The summed E-state index contributed by atoms with van der Waals surface area (Å²) in [6, 6.07) is 6.06. The lowest BCUT2D eigenvalue weighted by Crippen LogP contribution is -2.48. The Morgan fingerprint density at radius 1 is 1.38 bits per heavy atom. The maximum atomic E-state index is 12.0. The molecule has 0 saturated carbocycles. The van der Waals surface area contributed by atoms with Crippen molar-refractivity contribution < 1.29 is 19.4 Å². The SMILES string of the molecule is COc1cccc(CN(C)C(=O)N[C@@H](C(=O)O)C(C)C)c1. The molecule has 1 aromatic rings. The molecule has 6 nitrogen and oxygen atoms in total. The molecule has 0 saturated heterocycles. The molecule has 1 atom stereocenters. The van der Waals surface area contributed by atoms with E-state index in [0.717, 1.165) is 5.56 Å². The van der Waals surface area contributed by atoms with Crippen LogP contribution in [0.5, 0.6) is 5.75 Å². The van der Waals surface area contributed by atoms with Crippen LogP contribution in [0.25, 0.3) is 0 Å². The first kappa shape index (κ1) is 16.8. The van der Waals surface area contributed by atoms with Crippen molar-refractivity contribution in [1.29, 1.82) is 0 Å². The van der Waals surface area contributed by atoms with Crippen molar-refractivity contribution in [3.8, 4) is 5.75 Å². The average molecular weight is 294 g/mol. The minimum absolute atomic E-state index is 0.184. The van der Waals surface area contributed by atoms with Gasteiger partial charge in [0.05, 0.1) is 7.11 Å².